The van der Waals surface area contributed by atoms with E-state index in [0.717, 1.165) is 6.54 Å². The number of likely N-dealkylation sites (tertiary alicyclic amines) is 1. The van der Waals surface area contributed by atoms with Gasteiger partial charge in [-0.05, 0) is 43.6 Å². The Hall–Kier alpha value is -1.35. The number of hydrogen-bond acceptors (Lipinski definition) is 2. The lowest BCUT2D eigenvalue weighted by atomic mass is 10.1. The minimum atomic E-state index is -0.354. The summed E-state index contributed by atoms with van der Waals surface area (Å²) in [6, 6.07) is 7.67. The molecule has 1 heterocycles. The third-order valence-corrected chi connectivity index (χ3v) is 3.59. The molecule has 3 heteroatoms. The zero-order chi connectivity index (χ0) is 12.8. The van der Waals surface area contributed by atoms with Crippen LogP contribution in [0.2, 0.25) is 0 Å². The summed E-state index contributed by atoms with van der Waals surface area (Å²) in [5.74, 6) is -0.354. The summed E-state index contributed by atoms with van der Waals surface area (Å²) < 4.78 is 0. The standard InChI is InChI=1S/C15H22N2O/c16-15(18)14-8-6-13(7-9-14)12-17-10-4-2-1-3-5-11-17/h6-9H,1-5,10-12H2,(H2,16,18). The maximum Gasteiger partial charge on any atom is 0.248 e. The van der Waals surface area contributed by atoms with Gasteiger partial charge in [0.1, 0.15) is 0 Å². The van der Waals surface area contributed by atoms with Crippen molar-refractivity contribution in [3.63, 3.8) is 0 Å². The maximum absolute atomic E-state index is 11.0. The van der Waals surface area contributed by atoms with Crippen molar-refractivity contribution in [2.24, 2.45) is 5.73 Å². The van der Waals surface area contributed by atoms with Gasteiger partial charge in [0, 0.05) is 12.1 Å². The van der Waals surface area contributed by atoms with Crippen molar-refractivity contribution in [3.8, 4) is 0 Å². The summed E-state index contributed by atoms with van der Waals surface area (Å²) in [6.45, 7) is 3.37. The van der Waals surface area contributed by atoms with E-state index < -0.39 is 0 Å². The summed E-state index contributed by atoms with van der Waals surface area (Å²) in [4.78, 5) is 13.5. The van der Waals surface area contributed by atoms with Crippen LogP contribution in [-0.4, -0.2) is 23.9 Å². The fourth-order valence-corrected chi connectivity index (χ4v) is 2.50. The van der Waals surface area contributed by atoms with E-state index in [4.69, 9.17) is 5.73 Å². The Morgan fingerprint density at radius 2 is 1.56 bits per heavy atom. The third-order valence-electron chi connectivity index (χ3n) is 3.59. The van der Waals surface area contributed by atoms with E-state index in [1.807, 2.05) is 24.3 Å². The van der Waals surface area contributed by atoms with E-state index >= 15 is 0 Å². The molecule has 1 aliphatic rings. The first-order valence-corrected chi connectivity index (χ1v) is 6.87. The second-order valence-electron chi connectivity index (χ2n) is 5.11. The van der Waals surface area contributed by atoms with Crippen LogP contribution in [0.1, 0.15) is 48.0 Å². The highest BCUT2D eigenvalue weighted by Crippen LogP contribution is 2.14. The number of nitrogens with two attached hydrogens (primary N) is 1. The molecule has 1 fully saturated rings. The van der Waals surface area contributed by atoms with Crippen LogP contribution < -0.4 is 5.73 Å². The largest absolute Gasteiger partial charge is 0.366 e. The summed E-state index contributed by atoms with van der Waals surface area (Å²) in [5.41, 5.74) is 7.09. The van der Waals surface area contributed by atoms with Crippen LogP contribution in [0.5, 0.6) is 0 Å². The lowest BCUT2D eigenvalue weighted by molar-refractivity contribution is 0.100. The van der Waals surface area contributed by atoms with E-state index in [9.17, 15) is 4.79 Å². The molecule has 0 bridgehead atoms. The van der Waals surface area contributed by atoms with Gasteiger partial charge in [-0.2, -0.15) is 0 Å². The number of rotatable bonds is 3. The third kappa shape index (κ3) is 3.84. The van der Waals surface area contributed by atoms with E-state index in [2.05, 4.69) is 4.90 Å². The fourth-order valence-electron chi connectivity index (χ4n) is 2.50. The number of carbonyl (C=O) groups is 1. The lowest BCUT2D eigenvalue weighted by Crippen LogP contribution is -2.26. The molecule has 98 valence electrons. The van der Waals surface area contributed by atoms with Crippen LogP contribution in [0.15, 0.2) is 24.3 Å². The number of nitrogens with zero attached hydrogens (tertiary/aromatic N) is 1. The van der Waals surface area contributed by atoms with Crippen LogP contribution >= 0.6 is 0 Å². The molecule has 1 aliphatic heterocycles. The smallest absolute Gasteiger partial charge is 0.248 e. The predicted molar refractivity (Wildman–Crippen MR) is 73.3 cm³/mol. The van der Waals surface area contributed by atoms with Crippen LogP contribution in [0.3, 0.4) is 0 Å². The first-order chi connectivity index (χ1) is 8.75. The molecule has 1 aromatic rings. The Balaban J connectivity index is 1.92. The average Bonchev–Trinajstić information content (AvgIpc) is 2.33. The van der Waals surface area contributed by atoms with E-state index in [1.54, 1.807) is 0 Å². The van der Waals surface area contributed by atoms with Crippen molar-refractivity contribution in [2.75, 3.05) is 13.1 Å². The van der Waals surface area contributed by atoms with Gasteiger partial charge in [0.25, 0.3) is 0 Å². The van der Waals surface area contributed by atoms with Crippen LogP contribution in [-0.2, 0) is 6.54 Å². The molecule has 3 nitrogen and oxygen atoms in total. The number of benzene rings is 1. The van der Waals surface area contributed by atoms with Gasteiger partial charge in [-0.25, -0.2) is 0 Å². The van der Waals surface area contributed by atoms with Crippen molar-refractivity contribution >= 4 is 5.91 Å². The molecular weight excluding hydrogens is 224 g/mol. The minimum Gasteiger partial charge on any atom is -0.366 e. The zero-order valence-corrected chi connectivity index (χ0v) is 10.9. The highest BCUT2D eigenvalue weighted by Gasteiger charge is 2.09. The number of hydrogen-bond donors (Lipinski definition) is 1. The molecule has 18 heavy (non-hydrogen) atoms. The predicted octanol–water partition coefficient (Wildman–Crippen LogP) is 2.55. The highest BCUT2D eigenvalue weighted by atomic mass is 16.1. The zero-order valence-electron chi connectivity index (χ0n) is 10.9. The van der Waals surface area contributed by atoms with Gasteiger partial charge in [-0.1, -0.05) is 31.4 Å². The summed E-state index contributed by atoms with van der Waals surface area (Å²) in [7, 11) is 0. The lowest BCUT2D eigenvalue weighted by Gasteiger charge is -2.24. The van der Waals surface area contributed by atoms with Crippen molar-refractivity contribution in [2.45, 2.75) is 38.6 Å². The molecule has 0 saturated carbocycles. The van der Waals surface area contributed by atoms with E-state index in [1.165, 1.54) is 50.8 Å². The highest BCUT2D eigenvalue weighted by molar-refractivity contribution is 5.92. The van der Waals surface area contributed by atoms with Gasteiger partial charge >= 0.3 is 0 Å². The molecule has 2 rings (SSSR count). The Bertz CT molecular complexity index is 378. The van der Waals surface area contributed by atoms with Gasteiger partial charge in [0.2, 0.25) is 5.91 Å². The maximum atomic E-state index is 11.0. The first-order valence-electron chi connectivity index (χ1n) is 6.87. The monoisotopic (exact) mass is 246 g/mol. The van der Waals surface area contributed by atoms with Gasteiger partial charge in [-0.3, -0.25) is 9.69 Å². The summed E-state index contributed by atoms with van der Waals surface area (Å²) in [6.07, 6.45) is 6.72. The molecule has 0 spiro atoms. The van der Waals surface area contributed by atoms with E-state index in [0.29, 0.717) is 5.56 Å². The second kappa shape index (κ2) is 6.55. The molecule has 0 atom stereocenters. The first kappa shape index (κ1) is 13.1. The van der Waals surface area contributed by atoms with Crippen LogP contribution in [0.4, 0.5) is 0 Å². The van der Waals surface area contributed by atoms with Crippen molar-refractivity contribution < 1.29 is 4.79 Å². The van der Waals surface area contributed by atoms with Crippen LogP contribution in [0.25, 0.3) is 0 Å². The number of amides is 1. The van der Waals surface area contributed by atoms with Gasteiger partial charge in [0.15, 0.2) is 0 Å². The number of primary amides is 1. The normalized spacial score (nSPS) is 18.0. The molecular formula is C15H22N2O. The number of carbonyl (C=O) groups excluding carboxylic acids is 1. The van der Waals surface area contributed by atoms with Crippen molar-refractivity contribution in [1.82, 2.24) is 4.90 Å². The minimum absolute atomic E-state index is 0.354. The molecule has 0 unspecified atom stereocenters. The van der Waals surface area contributed by atoms with Crippen molar-refractivity contribution in [1.29, 1.82) is 0 Å². The van der Waals surface area contributed by atoms with Crippen LogP contribution in [0, 0.1) is 0 Å². The van der Waals surface area contributed by atoms with Gasteiger partial charge in [-0.15, -0.1) is 0 Å². The quantitative estimate of drug-likeness (QED) is 0.891. The second-order valence-corrected chi connectivity index (χ2v) is 5.11. The summed E-state index contributed by atoms with van der Waals surface area (Å²) >= 11 is 0. The van der Waals surface area contributed by atoms with Gasteiger partial charge < -0.3 is 5.73 Å². The average molecular weight is 246 g/mol. The fraction of sp³-hybridized carbons (Fsp3) is 0.533. The Morgan fingerprint density at radius 3 is 2.11 bits per heavy atom. The Labute approximate surface area is 109 Å². The van der Waals surface area contributed by atoms with Crippen molar-refractivity contribution in [3.05, 3.63) is 35.4 Å². The van der Waals surface area contributed by atoms with E-state index in [-0.39, 0.29) is 5.91 Å². The summed E-state index contributed by atoms with van der Waals surface area (Å²) in [5, 5.41) is 0. The SMILES string of the molecule is NC(=O)c1ccc(CN2CCCCCCC2)cc1. The molecule has 1 amide bonds. The molecule has 0 radical (unpaired) electrons. The molecule has 1 aromatic carbocycles. The van der Waals surface area contributed by atoms with Gasteiger partial charge in [0.05, 0.1) is 0 Å². The Morgan fingerprint density at radius 1 is 1.00 bits per heavy atom. The molecule has 0 aromatic heterocycles. The molecule has 0 aliphatic carbocycles. The topological polar surface area (TPSA) is 46.3 Å². The molecule has 2 N–H and O–H groups in total. The Kier molecular flexibility index (Phi) is 4.76. The molecule has 1 saturated heterocycles.